The van der Waals surface area contributed by atoms with Crippen LogP contribution in [0.25, 0.3) is 0 Å². The molecule has 0 fully saturated rings. The van der Waals surface area contributed by atoms with Gasteiger partial charge in [-0.2, -0.15) is 0 Å². The molecule has 0 spiro atoms. The summed E-state index contributed by atoms with van der Waals surface area (Å²) < 4.78 is 26.3. The predicted molar refractivity (Wildman–Crippen MR) is 139 cm³/mol. The minimum Gasteiger partial charge on any atom is -0.354 e. The largest absolute Gasteiger partial charge is 0.354 e. The van der Waals surface area contributed by atoms with Gasteiger partial charge in [0, 0.05) is 25.2 Å². The monoisotopic (exact) mass is 518 g/mol. The highest BCUT2D eigenvalue weighted by Gasteiger charge is 2.31. The third kappa shape index (κ3) is 7.77. The lowest BCUT2D eigenvalue weighted by Crippen LogP contribution is -2.51. The van der Waals surface area contributed by atoms with Crippen molar-refractivity contribution in [1.29, 1.82) is 0 Å². The van der Waals surface area contributed by atoms with E-state index in [9.17, 15) is 28.1 Å². The van der Waals surface area contributed by atoms with Gasteiger partial charge >= 0.3 is 0 Å². The van der Waals surface area contributed by atoms with Gasteiger partial charge in [0.1, 0.15) is 12.6 Å². The molecule has 1 atom stereocenters. The van der Waals surface area contributed by atoms with Crippen molar-refractivity contribution >= 4 is 33.2 Å². The molecule has 0 aliphatic heterocycles. The molecular formula is C25H34N4O6S. The number of aryl methyl sites for hydroxylation is 2. The van der Waals surface area contributed by atoms with Gasteiger partial charge in [-0.05, 0) is 38.3 Å². The van der Waals surface area contributed by atoms with Crippen molar-refractivity contribution in [3.8, 4) is 0 Å². The first-order valence-electron chi connectivity index (χ1n) is 11.7. The highest BCUT2D eigenvalue weighted by molar-refractivity contribution is 7.92. The molecule has 2 aromatic carbocycles. The summed E-state index contributed by atoms with van der Waals surface area (Å²) >= 11 is 0. The van der Waals surface area contributed by atoms with Crippen molar-refractivity contribution in [3.05, 3.63) is 69.3 Å². The lowest BCUT2D eigenvalue weighted by atomic mass is 10.1. The molecule has 2 amide bonds. The van der Waals surface area contributed by atoms with Crippen molar-refractivity contribution < 1.29 is 22.9 Å². The number of anilines is 1. The second-order valence-electron chi connectivity index (χ2n) is 8.83. The molecule has 36 heavy (non-hydrogen) atoms. The van der Waals surface area contributed by atoms with E-state index in [4.69, 9.17) is 0 Å². The molecule has 2 rings (SSSR count). The van der Waals surface area contributed by atoms with E-state index in [2.05, 4.69) is 5.32 Å². The number of sulfonamides is 1. The minimum absolute atomic E-state index is 0.0374. The quantitative estimate of drug-likeness (QED) is 0.261. The summed E-state index contributed by atoms with van der Waals surface area (Å²) in [6.07, 6.45) is 2.62. The zero-order chi connectivity index (χ0) is 27.0. The summed E-state index contributed by atoms with van der Waals surface area (Å²) in [7, 11) is -3.99. The number of hydrogen-bond acceptors (Lipinski definition) is 6. The van der Waals surface area contributed by atoms with E-state index < -0.39 is 33.4 Å². The standard InChI is InChI=1S/C25H34N4O6S/c1-6-7-14-26-25(31)20(4)27(16-21-11-8-18(2)9-12-21)24(30)17-28(36(5,34)35)23-15-22(29(32)33)13-10-19(23)3/h8-13,15,20H,6-7,14,16-17H2,1-5H3,(H,26,31). The first-order valence-corrected chi connectivity index (χ1v) is 13.6. The van der Waals surface area contributed by atoms with Gasteiger partial charge in [0.05, 0.1) is 16.9 Å². The zero-order valence-corrected chi connectivity index (χ0v) is 22.2. The molecule has 10 nitrogen and oxygen atoms in total. The maximum atomic E-state index is 13.6. The Balaban J connectivity index is 2.43. The summed E-state index contributed by atoms with van der Waals surface area (Å²) in [4.78, 5) is 38.4. The van der Waals surface area contributed by atoms with Crippen LogP contribution in [0.15, 0.2) is 42.5 Å². The van der Waals surface area contributed by atoms with Gasteiger partial charge in [-0.25, -0.2) is 8.42 Å². The highest BCUT2D eigenvalue weighted by Crippen LogP contribution is 2.28. The second-order valence-corrected chi connectivity index (χ2v) is 10.7. The summed E-state index contributed by atoms with van der Waals surface area (Å²) in [5.74, 6) is -0.952. The zero-order valence-electron chi connectivity index (χ0n) is 21.4. The van der Waals surface area contributed by atoms with Crippen LogP contribution in [0.5, 0.6) is 0 Å². The maximum Gasteiger partial charge on any atom is 0.271 e. The minimum atomic E-state index is -3.99. The van der Waals surface area contributed by atoms with Crippen LogP contribution in [-0.2, 0) is 26.2 Å². The molecule has 1 unspecified atom stereocenters. The van der Waals surface area contributed by atoms with Crippen molar-refractivity contribution in [1.82, 2.24) is 10.2 Å². The van der Waals surface area contributed by atoms with Crippen LogP contribution in [0.4, 0.5) is 11.4 Å². The Kier molecular flexibility index (Phi) is 9.97. The first-order chi connectivity index (χ1) is 16.8. The van der Waals surface area contributed by atoms with Gasteiger partial charge in [-0.1, -0.05) is 49.2 Å². The van der Waals surface area contributed by atoms with Crippen LogP contribution in [0, 0.1) is 24.0 Å². The Morgan fingerprint density at radius 3 is 2.31 bits per heavy atom. The number of nitro benzene ring substituents is 1. The third-order valence-corrected chi connectivity index (χ3v) is 6.95. The van der Waals surface area contributed by atoms with E-state index in [-0.39, 0.29) is 23.8 Å². The number of nitrogens with one attached hydrogen (secondary N) is 1. The maximum absolute atomic E-state index is 13.6. The Hall–Kier alpha value is -3.47. The topological polar surface area (TPSA) is 130 Å². The Morgan fingerprint density at radius 2 is 1.75 bits per heavy atom. The lowest BCUT2D eigenvalue weighted by Gasteiger charge is -2.32. The van der Waals surface area contributed by atoms with E-state index in [1.165, 1.54) is 17.0 Å². The Morgan fingerprint density at radius 1 is 1.11 bits per heavy atom. The van der Waals surface area contributed by atoms with Crippen molar-refractivity contribution in [2.75, 3.05) is 23.7 Å². The third-order valence-electron chi connectivity index (χ3n) is 5.82. The summed E-state index contributed by atoms with van der Waals surface area (Å²) in [5.41, 5.74) is 2.01. The molecule has 0 aliphatic carbocycles. The van der Waals surface area contributed by atoms with Crippen LogP contribution in [-0.4, -0.2) is 55.4 Å². The van der Waals surface area contributed by atoms with E-state index >= 15 is 0 Å². The summed E-state index contributed by atoms with van der Waals surface area (Å²) in [6, 6.07) is 10.4. The molecule has 0 aromatic heterocycles. The Bertz CT molecular complexity index is 1200. The van der Waals surface area contributed by atoms with E-state index in [1.54, 1.807) is 13.8 Å². The molecule has 1 N–H and O–H groups in total. The summed E-state index contributed by atoms with van der Waals surface area (Å²) in [5, 5.41) is 14.1. The number of nitrogens with zero attached hydrogens (tertiary/aromatic N) is 3. The Labute approximate surface area is 212 Å². The SMILES string of the molecule is CCCCNC(=O)C(C)N(Cc1ccc(C)cc1)C(=O)CN(c1cc([N+](=O)[O-])ccc1C)S(C)(=O)=O. The number of unbranched alkanes of at least 4 members (excludes halogenated alkanes) is 1. The molecule has 0 saturated carbocycles. The second kappa shape index (κ2) is 12.5. The molecule has 2 aromatic rings. The van der Waals surface area contributed by atoms with Crippen LogP contribution >= 0.6 is 0 Å². The number of hydrogen-bond donors (Lipinski definition) is 1. The molecular weight excluding hydrogens is 484 g/mol. The van der Waals surface area contributed by atoms with Crippen molar-refractivity contribution in [3.63, 3.8) is 0 Å². The van der Waals surface area contributed by atoms with Crippen LogP contribution in [0.3, 0.4) is 0 Å². The number of amides is 2. The van der Waals surface area contributed by atoms with E-state index in [1.807, 2.05) is 38.1 Å². The van der Waals surface area contributed by atoms with Gasteiger partial charge in [-0.3, -0.25) is 24.0 Å². The van der Waals surface area contributed by atoms with Crippen molar-refractivity contribution in [2.45, 2.75) is 53.1 Å². The van der Waals surface area contributed by atoms with Crippen LogP contribution in [0.2, 0.25) is 0 Å². The average Bonchev–Trinajstić information content (AvgIpc) is 2.81. The van der Waals surface area contributed by atoms with Crippen molar-refractivity contribution in [2.24, 2.45) is 0 Å². The smallest absolute Gasteiger partial charge is 0.271 e. The van der Waals surface area contributed by atoms with Gasteiger partial charge < -0.3 is 10.2 Å². The van der Waals surface area contributed by atoms with Gasteiger partial charge in [-0.15, -0.1) is 0 Å². The fourth-order valence-corrected chi connectivity index (χ4v) is 4.48. The van der Waals surface area contributed by atoms with Gasteiger partial charge in [0.25, 0.3) is 5.69 Å². The van der Waals surface area contributed by atoms with Gasteiger partial charge in [0.15, 0.2) is 0 Å². The number of non-ortho nitro benzene ring substituents is 1. The molecule has 11 heteroatoms. The number of benzene rings is 2. The number of carbonyl (C=O) groups excluding carboxylic acids is 2. The molecule has 0 radical (unpaired) electrons. The highest BCUT2D eigenvalue weighted by atomic mass is 32.2. The number of rotatable bonds is 12. The summed E-state index contributed by atoms with van der Waals surface area (Å²) in [6.45, 7) is 7.08. The predicted octanol–water partition coefficient (Wildman–Crippen LogP) is 3.31. The average molecular weight is 519 g/mol. The number of nitro groups is 1. The first kappa shape index (κ1) is 28.8. The van der Waals surface area contributed by atoms with E-state index in [0.717, 1.165) is 40.6 Å². The fraction of sp³-hybridized carbons (Fsp3) is 0.440. The molecule has 0 bridgehead atoms. The normalized spacial score (nSPS) is 12.0. The molecule has 0 aliphatic rings. The lowest BCUT2D eigenvalue weighted by molar-refractivity contribution is -0.384. The van der Waals surface area contributed by atoms with Crippen LogP contribution < -0.4 is 9.62 Å². The van der Waals surface area contributed by atoms with Gasteiger partial charge in [0.2, 0.25) is 21.8 Å². The molecule has 196 valence electrons. The molecule has 0 heterocycles. The fourth-order valence-electron chi connectivity index (χ4n) is 3.58. The van der Waals surface area contributed by atoms with Crippen LogP contribution in [0.1, 0.15) is 43.4 Å². The molecule has 0 saturated heterocycles. The van der Waals surface area contributed by atoms with E-state index in [0.29, 0.717) is 12.1 Å². The number of carbonyl (C=O) groups is 2.